The van der Waals surface area contributed by atoms with E-state index in [9.17, 15) is 14.4 Å². The number of para-hydroxylation sites is 2. The Hall–Kier alpha value is -4.86. The Bertz CT molecular complexity index is 1390. The van der Waals surface area contributed by atoms with E-state index in [0.717, 1.165) is 5.56 Å². The molecule has 1 aliphatic heterocycles. The normalized spacial score (nSPS) is 15.0. The van der Waals surface area contributed by atoms with Gasteiger partial charge in [-0.1, -0.05) is 48.5 Å². The number of carbonyl (C=O) groups excluding carboxylic acids is 3. The first-order chi connectivity index (χ1) is 17.9. The standard InChI is InChI=1S/C27H25N5O5/c1-17-13-14-22(37-3)20(15-17)29-30-26-25(18-9-5-4-6-10-18)31-32(27(26)35)24(34)16-23(33)28-19-11-7-8-12-21(19)36-2/h4-15,26H,16H2,1-3H3,(H,28,33)/t26-/m0/s1. The molecule has 1 atom stereocenters. The summed E-state index contributed by atoms with van der Waals surface area (Å²) in [5, 5.41) is 16.0. The van der Waals surface area contributed by atoms with Gasteiger partial charge in [-0.25, -0.2) is 0 Å². The summed E-state index contributed by atoms with van der Waals surface area (Å²) in [6.07, 6.45) is -0.606. The third kappa shape index (κ3) is 5.69. The Balaban J connectivity index is 1.58. The van der Waals surface area contributed by atoms with Gasteiger partial charge in [0, 0.05) is 5.56 Å². The Kier molecular flexibility index (Phi) is 7.68. The summed E-state index contributed by atoms with van der Waals surface area (Å²) < 4.78 is 10.6. The van der Waals surface area contributed by atoms with Crippen molar-refractivity contribution in [2.45, 2.75) is 19.4 Å². The van der Waals surface area contributed by atoms with E-state index < -0.39 is 30.2 Å². The van der Waals surface area contributed by atoms with E-state index in [2.05, 4.69) is 20.6 Å². The number of aryl methyl sites for hydroxylation is 1. The topological polar surface area (TPSA) is 122 Å². The van der Waals surface area contributed by atoms with Crippen molar-refractivity contribution in [1.82, 2.24) is 5.01 Å². The van der Waals surface area contributed by atoms with Crippen LogP contribution in [0.2, 0.25) is 0 Å². The molecular weight excluding hydrogens is 474 g/mol. The van der Waals surface area contributed by atoms with Crippen LogP contribution in [0.5, 0.6) is 11.5 Å². The quantitative estimate of drug-likeness (QED) is 0.366. The predicted octanol–water partition coefficient (Wildman–Crippen LogP) is 4.27. The SMILES string of the molecule is COc1ccc(C)cc1N=N[C@@H]1C(=O)N(C(=O)CC(=O)Nc2ccccc2OC)N=C1c1ccccc1. The smallest absolute Gasteiger partial charge is 0.282 e. The van der Waals surface area contributed by atoms with Crippen LogP contribution in [0.4, 0.5) is 11.4 Å². The van der Waals surface area contributed by atoms with Gasteiger partial charge in [0.25, 0.3) is 11.8 Å². The molecule has 3 aromatic rings. The maximum atomic E-state index is 13.3. The van der Waals surface area contributed by atoms with E-state index in [4.69, 9.17) is 9.47 Å². The minimum Gasteiger partial charge on any atom is -0.495 e. The first-order valence-electron chi connectivity index (χ1n) is 11.4. The summed E-state index contributed by atoms with van der Waals surface area (Å²) in [5.41, 5.74) is 2.62. The van der Waals surface area contributed by atoms with Gasteiger partial charge in [-0.15, -0.1) is 0 Å². The summed E-state index contributed by atoms with van der Waals surface area (Å²) in [6.45, 7) is 1.90. The number of nitrogens with one attached hydrogen (secondary N) is 1. The number of ether oxygens (including phenoxy) is 2. The van der Waals surface area contributed by atoms with E-state index in [-0.39, 0.29) is 5.71 Å². The van der Waals surface area contributed by atoms with Gasteiger partial charge in [0.15, 0.2) is 6.04 Å². The molecule has 0 radical (unpaired) electrons. The van der Waals surface area contributed by atoms with Crippen LogP contribution in [-0.2, 0) is 14.4 Å². The lowest BCUT2D eigenvalue weighted by Gasteiger charge is -2.12. The van der Waals surface area contributed by atoms with E-state index in [1.54, 1.807) is 60.7 Å². The van der Waals surface area contributed by atoms with Crippen LogP contribution in [0, 0.1) is 6.92 Å². The molecule has 0 fully saturated rings. The molecule has 10 nitrogen and oxygen atoms in total. The Morgan fingerprint density at radius 2 is 1.68 bits per heavy atom. The maximum Gasteiger partial charge on any atom is 0.282 e. The number of hydrazone groups is 1. The van der Waals surface area contributed by atoms with E-state index in [0.29, 0.717) is 33.4 Å². The van der Waals surface area contributed by atoms with Gasteiger partial charge in [-0.05, 0) is 36.8 Å². The molecule has 3 aromatic carbocycles. The number of hydrogen-bond acceptors (Lipinski definition) is 8. The van der Waals surface area contributed by atoms with Crippen molar-refractivity contribution < 1.29 is 23.9 Å². The van der Waals surface area contributed by atoms with Crippen LogP contribution < -0.4 is 14.8 Å². The van der Waals surface area contributed by atoms with Crippen molar-refractivity contribution in [2.75, 3.05) is 19.5 Å². The van der Waals surface area contributed by atoms with Crippen LogP contribution in [0.15, 0.2) is 88.1 Å². The van der Waals surface area contributed by atoms with E-state index in [1.165, 1.54) is 14.2 Å². The predicted molar refractivity (Wildman–Crippen MR) is 137 cm³/mol. The van der Waals surface area contributed by atoms with Gasteiger partial charge in [0.2, 0.25) is 5.91 Å². The highest BCUT2D eigenvalue weighted by Crippen LogP contribution is 2.30. The van der Waals surface area contributed by atoms with Crippen molar-refractivity contribution in [3.63, 3.8) is 0 Å². The molecule has 0 aliphatic carbocycles. The average Bonchev–Trinajstić information content (AvgIpc) is 3.24. The summed E-state index contributed by atoms with van der Waals surface area (Å²) in [7, 11) is 2.98. The highest BCUT2D eigenvalue weighted by atomic mass is 16.5. The molecule has 1 N–H and O–H groups in total. The van der Waals surface area contributed by atoms with Gasteiger partial charge in [0.05, 0.1) is 19.9 Å². The molecule has 1 heterocycles. The molecule has 188 valence electrons. The van der Waals surface area contributed by atoms with Gasteiger partial charge in [-0.3, -0.25) is 14.4 Å². The van der Waals surface area contributed by atoms with Crippen molar-refractivity contribution in [2.24, 2.45) is 15.3 Å². The second-order valence-corrected chi connectivity index (χ2v) is 8.11. The van der Waals surface area contributed by atoms with Gasteiger partial charge in [-0.2, -0.15) is 20.3 Å². The van der Waals surface area contributed by atoms with E-state index >= 15 is 0 Å². The lowest BCUT2D eigenvalue weighted by atomic mass is 10.0. The molecule has 0 saturated carbocycles. The summed E-state index contributed by atoms with van der Waals surface area (Å²) in [4.78, 5) is 38.8. The van der Waals surface area contributed by atoms with Crippen LogP contribution in [0.25, 0.3) is 0 Å². The largest absolute Gasteiger partial charge is 0.495 e. The number of rotatable bonds is 8. The molecule has 37 heavy (non-hydrogen) atoms. The van der Waals surface area contributed by atoms with Crippen molar-refractivity contribution in [1.29, 1.82) is 0 Å². The van der Waals surface area contributed by atoms with Crippen molar-refractivity contribution >= 4 is 34.8 Å². The number of hydrogen-bond donors (Lipinski definition) is 1. The zero-order valence-corrected chi connectivity index (χ0v) is 20.5. The first kappa shape index (κ1) is 25.2. The monoisotopic (exact) mass is 499 g/mol. The van der Waals surface area contributed by atoms with Gasteiger partial charge >= 0.3 is 0 Å². The molecule has 0 spiro atoms. The number of amides is 3. The zero-order valence-electron chi connectivity index (χ0n) is 20.5. The fourth-order valence-electron chi connectivity index (χ4n) is 3.70. The number of azo groups is 1. The van der Waals surface area contributed by atoms with E-state index in [1.807, 2.05) is 19.1 Å². The Labute approximate surface area is 213 Å². The van der Waals surface area contributed by atoms with Gasteiger partial charge in [0.1, 0.15) is 29.3 Å². The highest BCUT2D eigenvalue weighted by molar-refractivity contribution is 6.23. The molecule has 0 bridgehead atoms. The molecule has 10 heteroatoms. The molecule has 0 aromatic heterocycles. The molecule has 1 aliphatic rings. The third-order valence-electron chi connectivity index (χ3n) is 5.52. The van der Waals surface area contributed by atoms with Crippen LogP contribution >= 0.6 is 0 Å². The number of benzene rings is 3. The summed E-state index contributed by atoms with van der Waals surface area (Å²) in [5.74, 6) is -1.19. The molecule has 4 rings (SSSR count). The average molecular weight is 500 g/mol. The first-order valence-corrected chi connectivity index (χ1v) is 11.4. The molecular formula is C27H25N5O5. The number of imide groups is 1. The van der Waals surface area contributed by atoms with Crippen LogP contribution in [-0.4, -0.2) is 48.7 Å². The molecule has 3 amide bonds. The molecule has 0 saturated heterocycles. The van der Waals surface area contributed by atoms with Crippen molar-refractivity contribution in [3.8, 4) is 11.5 Å². The Morgan fingerprint density at radius 1 is 0.973 bits per heavy atom. The highest BCUT2D eigenvalue weighted by Gasteiger charge is 2.40. The zero-order chi connectivity index (χ0) is 26.4. The minimum absolute atomic E-state index is 0.249. The second kappa shape index (κ2) is 11.3. The lowest BCUT2D eigenvalue weighted by molar-refractivity contribution is -0.144. The number of carbonyl (C=O) groups is 3. The summed E-state index contributed by atoms with van der Waals surface area (Å²) >= 11 is 0. The minimum atomic E-state index is -1.17. The summed E-state index contributed by atoms with van der Waals surface area (Å²) in [6, 6.07) is 19.9. The number of methoxy groups -OCH3 is 2. The fraction of sp³-hybridized carbons (Fsp3) is 0.185. The van der Waals surface area contributed by atoms with Crippen molar-refractivity contribution in [3.05, 3.63) is 83.9 Å². The number of nitrogens with zero attached hydrogens (tertiary/aromatic N) is 4. The fourth-order valence-corrected chi connectivity index (χ4v) is 3.70. The van der Waals surface area contributed by atoms with Crippen LogP contribution in [0.3, 0.4) is 0 Å². The maximum absolute atomic E-state index is 13.3. The van der Waals surface area contributed by atoms with Gasteiger partial charge < -0.3 is 14.8 Å². The van der Waals surface area contributed by atoms with Crippen LogP contribution in [0.1, 0.15) is 17.5 Å². The molecule has 0 unspecified atom stereocenters. The second-order valence-electron chi connectivity index (χ2n) is 8.11. The third-order valence-corrected chi connectivity index (χ3v) is 5.52. The Morgan fingerprint density at radius 3 is 2.41 bits per heavy atom. The lowest BCUT2D eigenvalue weighted by Crippen LogP contribution is -2.36. The number of anilines is 1.